The third-order valence-electron chi connectivity index (χ3n) is 3.66. The van der Waals surface area contributed by atoms with Crippen molar-refractivity contribution in [1.82, 2.24) is 5.32 Å². The minimum Gasteiger partial charge on any atom is -0.493 e. The third kappa shape index (κ3) is 5.92. The average molecular weight is 337 g/mol. The van der Waals surface area contributed by atoms with E-state index in [4.69, 9.17) is 14.2 Å². The topological polar surface area (TPSA) is 64.1 Å². The van der Waals surface area contributed by atoms with Crippen LogP contribution in [0, 0.1) is 5.41 Å². The fraction of sp³-hybridized carbons (Fsp3) is 0.611. The maximum atomic E-state index is 5.56. The van der Waals surface area contributed by atoms with E-state index in [2.05, 4.69) is 36.4 Å². The van der Waals surface area contributed by atoms with Crippen LogP contribution in [0.15, 0.2) is 23.2 Å². The summed E-state index contributed by atoms with van der Waals surface area (Å²) in [4.78, 5) is 4.25. The highest BCUT2D eigenvalue weighted by atomic mass is 16.5. The van der Waals surface area contributed by atoms with Gasteiger partial charge in [-0.15, -0.1) is 0 Å². The lowest BCUT2D eigenvalue weighted by atomic mass is 9.89. The Bertz CT molecular complexity index is 539. The molecule has 0 aliphatic carbocycles. The normalized spacial score (nSPS) is 13.4. The number of nitrogens with one attached hydrogen (secondary N) is 2. The molecule has 6 heteroatoms. The Morgan fingerprint density at radius 2 is 1.92 bits per heavy atom. The van der Waals surface area contributed by atoms with E-state index in [-0.39, 0.29) is 11.5 Å². The Hall–Kier alpha value is -1.95. The Kier molecular flexibility index (Phi) is 7.85. The van der Waals surface area contributed by atoms with Gasteiger partial charge in [-0.25, -0.2) is 0 Å². The number of nitrogens with zero attached hydrogens (tertiary/aromatic N) is 1. The molecule has 0 amide bonds. The van der Waals surface area contributed by atoms with Gasteiger partial charge in [0.15, 0.2) is 17.5 Å². The van der Waals surface area contributed by atoms with Crippen LogP contribution < -0.4 is 20.1 Å². The second-order valence-corrected chi connectivity index (χ2v) is 6.47. The first-order chi connectivity index (χ1) is 11.3. The molecule has 1 rings (SSSR count). The highest BCUT2D eigenvalue weighted by Crippen LogP contribution is 2.30. The van der Waals surface area contributed by atoms with E-state index in [1.807, 2.05) is 25.1 Å². The summed E-state index contributed by atoms with van der Waals surface area (Å²) in [5.74, 6) is 2.08. The zero-order valence-corrected chi connectivity index (χ0v) is 15.9. The molecule has 1 aromatic rings. The van der Waals surface area contributed by atoms with E-state index in [1.54, 1.807) is 21.3 Å². The monoisotopic (exact) mass is 337 g/mol. The lowest BCUT2D eigenvalue weighted by Crippen LogP contribution is -2.42. The highest BCUT2D eigenvalue weighted by molar-refractivity contribution is 5.93. The number of hydrogen-bond donors (Lipinski definition) is 2. The molecule has 0 bridgehead atoms. The second-order valence-electron chi connectivity index (χ2n) is 6.47. The molecule has 0 saturated carbocycles. The van der Waals surface area contributed by atoms with Crippen molar-refractivity contribution in [2.24, 2.45) is 10.4 Å². The van der Waals surface area contributed by atoms with Gasteiger partial charge >= 0.3 is 0 Å². The fourth-order valence-electron chi connectivity index (χ4n) is 2.27. The Labute approximate surface area is 145 Å². The molecule has 6 nitrogen and oxygen atoms in total. The van der Waals surface area contributed by atoms with Gasteiger partial charge in [0, 0.05) is 32.5 Å². The van der Waals surface area contributed by atoms with E-state index in [1.165, 1.54) is 0 Å². The molecule has 0 aliphatic heterocycles. The van der Waals surface area contributed by atoms with Crippen molar-refractivity contribution in [3.8, 4) is 11.5 Å². The number of aliphatic imine (C=N–C) groups is 1. The van der Waals surface area contributed by atoms with Gasteiger partial charge in [0.1, 0.15) is 0 Å². The summed E-state index contributed by atoms with van der Waals surface area (Å²) in [5.41, 5.74) is 0.913. The smallest absolute Gasteiger partial charge is 0.195 e. The van der Waals surface area contributed by atoms with Crippen LogP contribution in [0.3, 0.4) is 0 Å². The average Bonchev–Trinajstić information content (AvgIpc) is 2.54. The van der Waals surface area contributed by atoms with Crippen molar-refractivity contribution in [3.05, 3.63) is 18.2 Å². The van der Waals surface area contributed by atoms with Crippen molar-refractivity contribution in [2.45, 2.75) is 33.8 Å². The molecule has 0 aromatic heterocycles. The van der Waals surface area contributed by atoms with Crippen molar-refractivity contribution in [2.75, 3.05) is 39.7 Å². The summed E-state index contributed by atoms with van der Waals surface area (Å²) < 4.78 is 16.5. The van der Waals surface area contributed by atoms with Crippen LogP contribution >= 0.6 is 0 Å². The number of anilines is 1. The lowest BCUT2D eigenvalue weighted by Gasteiger charge is -2.30. The number of benzene rings is 1. The summed E-state index contributed by atoms with van der Waals surface area (Å²) in [5, 5.41) is 6.55. The van der Waals surface area contributed by atoms with Crippen molar-refractivity contribution < 1.29 is 14.2 Å². The van der Waals surface area contributed by atoms with Gasteiger partial charge in [0.2, 0.25) is 0 Å². The molecule has 1 unspecified atom stereocenters. The van der Waals surface area contributed by atoms with Gasteiger partial charge in [0.25, 0.3) is 0 Å². The molecule has 24 heavy (non-hydrogen) atoms. The van der Waals surface area contributed by atoms with Gasteiger partial charge < -0.3 is 24.8 Å². The summed E-state index contributed by atoms with van der Waals surface area (Å²) >= 11 is 0. The predicted molar refractivity (Wildman–Crippen MR) is 99.4 cm³/mol. The first kappa shape index (κ1) is 20.1. The molecule has 136 valence electrons. The zero-order chi connectivity index (χ0) is 18.2. The van der Waals surface area contributed by atoms with Crippen LogP contribution in [0.1, 0.15) is 27.7 Å². The molecular formula is C18H31N3O3. The molecule has 1 atom stereocenters. The van der Waals surface area contributed by atoms with Crippen LogP contribution in [-0.4, -0.2) is 46.5 Å². The molecular weight excluding hydrogens is 306 g/mol. The molecule has 0 radical (unpaired) electrons. The number of guanidine groups is 1. The lowest BCUT2D eigenvalue weighted by molar-refractivity contribution is 0.0206. The SMILES string of the molecule is CCOc1ccc(NC(=NC)NCC(OC)C(C)(C)C)cc1OC. The zero-order valence-electron chi connectivity index (χ0n) is 15.9. The molecule has 0 spiro atoms. The summed E-state index contributed by atoms with van der Waals surface area (Å²) in [6.07, 6.45) is 0.0749. The summed E-state index contributed by atoms with van der Waals surface area (Å²) in [7, 11) is 5.09. The van der Waals surface area contributed by atoms with Crippen molar-refractivity contribution >= 4 is 11.6 Å². The Balaban J connectivity index is 2.75. The number of hydrogen-bond acceptors (Lipinski definition) is 4. The van der Waals surface area contributed by atoms with Gasteiger partial charge in [-0.05, 0) is 24.5 Å². The number of ether oxygens (including phenoxy) is 3. The van der Waals surface area contributed by atoms with E-state index in [0.717, 1.165) is 11.4 Å². The summed E-state index contributed by atoms with van der Waals surface area (Å²) in [6.45, 7) is 9.65. The minimum atomic E-state index is 0.0446. The van der Waals surface area contributed by atoms with Crippen molar-refractivity contribution in [3.63, 3.8) is 0 Å². The molecule has 2 N–H and O–H groups in total. The van der Waals surface area contributed by atoms with Crippen LogP contribution in [0.5, 0.6) is 11.5 Å². The van der Waals surface area contributed by atoms with E-state index in [0.29, 0.717) is 24.9 Å². The predicted octanol–water partition coefficient (Wildman–Crippen LogP) is 3.14. The standard InChI is InChI=1S/C18H31N3O3/c1-8-24-14-10-9-13(11-15(14)22-6)21-17(19-5)20-12-16(23-7)18(2,3)4/h9-11,16H,8,12H2,1-7H3,(H2,19,20,21). The minimum absolute atomic E-state index is 0.0446. The quantitative estimate of drug-likeness (QED) is 0.591. The van der Waals surface area contributed by atoms with Gasteiger partial charge in [0.05, 0.1) is 19.8 Å². The first-order valence-electron chi connectivity index (χ1n) is 8.17. The third-order valence-corrected chi connectivity index (χ3v) is 3.66. The van der Waals surface area contributed by atoms with Crippen LogP contribution in [-0.2, 0) is 4.74 Å². The first-order valence-corrected chi connectivity index (χ1v) is 8.17. The van der Waals surface area contributed by atoms with E-state index in [9.17, 15) is 0 Å². The van der Waals surface area contributed by atoms with Crippen molar-refractivity contribution in [1.29, 1.82) is 0 Å². The van der Waals surface area contributed by atoms with Crippen LogP contribution in [0.2, 0.25) is 0 Å². The maximum Gasteiger partial charge on any atom is 0.195 e. The number of rotatable bonds is 7. The van der Waals surface area contributed by atoms with Gasteiger partial charge in [-0.1, -0.05) is 20.8 Å². The van der Waals surface area contributed by atoms with Gasteiger partial charge in [-0.2, -0.15) is 0 Å². The molecule has 1 aromatic carbocycles. The molecule has 0 heterocycles. The molecule has 0 fully saturated rings. The Morgan fingerprint density at radius 3 is 2.42 bits per heavy atom. The second kappa shape index (κ2) is 9.37. The molecule has 0 aliphatic rings. The summed E-state index contributed by atoms with van der Waals surface area (Å²) in [6, 6.07) is 5.69. The van der Waals surface area contributed by atoms with E-state index < -0.39 is 0 Å². The largest absolute Gasteiger partial charge is 0.493 e. The van der Waals surface area contributed by atoms with Gasteiger partial charge in [-0.3, -0.25) is 4.99 Å². The molecule has 0 saturated heterocycles. The number of methoxy groups -OCH3 is 2. The van der Waals surface area contributed by atoms with Crippen LogP contribution in [0.25, 0.3) is 0 Å². The van der Waals surface area contributed by atoms with E-state index >= 15 is 0 Å². The fourth-order valence-corrected chi connectivity index (χ4v) is 2.27. The highest BCUT2D eigenvalue weighted by Gasteiger charge is 2.24. The maximum absolute atomic E-state index is 5.56. The Morgan fingerprint density at radius 1 is 1.21 bits per heavy atom. The van der Waals surface area contributed by atoms with Crippen LogP contribution in [0.4, 0.5) is 5.69 Å².